The molecule has 1 aromatic carbocycles. The van der Waals surface area contributed by atoms with Gasteiger partial charge in [-0.25, -0.2) is 9.37 Å². The average molecular weight is 308 g/mol. The highest BCUT2D eigenvalue weighted by molar-refractivity contribution is 7.11. The van der Waals surface area contributed by atoms with Gasteiger partial charge in [-0.15, -0.1) is 11.3 Å². The van der Waals surface area contributed by atoms with Crippen LogP contribution in [-0.2, 0) is 13.0 Å². The lowest BCUT2D eigenvalue weighted by Crippen LogP contribution is -2.21. The van der Waals surface area contributed by atoms with Crippen molar-refractivity contribution in [3.63, 3.8) is 0 Å². The van der Waals surface area contributed by atoms with Gasteiger partial charge in [0.2, 0.25) is 0 Å². The molecule has 0 saturated heterocycles. The first-order valence-electron chi connectivity index (χ1n) is 7.09. The van der Waals surface area contributed by atoms with Crippen LogP contribution in [-0.4, -0.2) is 11.0 Å². The number of nitrogens with zero attached hydrogens (tertiary/aromatic N) is 1. The summed E-state index contributed by atoms with van der Waals surface area (Å²) in [7, 11) is 0. The zero-order valence-electron chi connectivity index (χ0n) is 12.6. The maximum atomic E-state index is 14.0. The van der Waals surface area contributed by atoms with Crippen LogP contribution in [0, 0.1) is 19.7 Å². The zero-order valence-corrected chi connectivity index (χ0v) is 13.5. The Morgan fingerprint density at radius 3 is 2.71 bits per heavy atom. The molecule has 3 nitrogen and oxygen atoms in total. The van der Waals surface area contributed by atoms with E-state index in [2.05, 4.69) is 4.98 Å². The van der Waals surface area contributed by atoms with Gasteiger partial charge in [0, 0.05) is 10.9 Å². The van der Waals surface area contributed by atoms with E-state index in [1.54, 1.807) is 17.4 Å². The minimum Gasteiger partial charge on any atom is -0.483 e. The van der Waals surface area contributed by atoms with Crippen LogP contribution in [0.4, 0.5) is 4.39 Å². The number of thiazole rings is 1. The third kappa shape index (κ3) is 4.25. The molecule has 2 aromatic rings. The van der Waals surface area contributed by atoms with Crippen molar-refractivity contribution in [2.24, 2.45) is 5.73 Å². The van der Waals surface area contributed by atoms with E-state index >= 15 is 0 Å². The zero-order chi connectivity index (χ0) is 15.4. The molecule has 1 unspecified atom stereocenters. The Morgan fingerprint density at radius 1 is 1.38 bits per heavy atom. The van der Waals surface area contributed by atoms with Gasteiger partial charge in [0.15, 0.2) is 11.6 Å². The molecule has 0 radical (unpaired) electrons. The second-order valence-corrected chi connectivity index (χ2v) is 6.46. The fourth-order valence-electron chi connectivity index (χ4n) is 1.98. The van der Waals surface area contributed by atoms with Gasteiger partial charge in [-0.2, -0.15) is 0 Å². The molecule has 2 N–H and O–H groups in total. The van der Waals surface area contributed by atoms with Crippen LogP contribution in [0.25, 0.3) is 0 Å². The summed E-state index contributed by atoms with van der Waals surface area (Å²) in [5.74, 6) is -0.0878. The second kappa shape index (κ2) is 7.00. The molecule has 0 bridgehead atoms. The van der Waals surface area contributed by atoms with Crippen molar-refractivity contribution < 1.29 is 9.13 Å². The summed E-state index contributed by atoms with van der Waals surface area (Å²) in [5, 5.41) is 0.862. The van der Waals surface area contributed by atoms with E-state index in [-0.39, 0.29) is 17.6 Å². The van der Waals surface area contributed by atoms with E-state index in [9.17, 15) is 4.39 Å². The van der Waals surface area contributed by atoms with Gasteiger partial charge in [0.1, 0.15) is 11.6 Å². The molecule has 5 heteroatoms. The van der Waals surface area contributed by atoms with Crippen molar-refractivity contribution in [1.82, 2.24) is 4.98 Å². The number of nitrogens with two attached hydrogens (primary N) is 1. The van der Waals surface area contributed by atoms with Gasteiger partial charge < -0.3 is 10.5 Å². The third-order valence-corrected chi connectivity index (χ3v) is 4.49. The summed E-state index contributed by atoms with van der Waals surface area (Å²) in [6.45, 7) is 6.30. The molecule has 2 rings (SSSR count). The predicted octanol–water partition coefficient (Wildman–Crippen LogP) is 3.76. The van der Waals surface area contributed by atoms with Gasteiger partial charge in [0.05, 0.1) is 5.69 Å². The lowest BCUT2D eigenvalue weighted by atomic mass is 10.0. The second-order valence-electron chi connectivity index (χ2n) is 5.18. The number of benzene rings is 1. The Morgan fingerprint density at radius 2 is 2.14 bits per heavy atom. The van der Waals surface area contributed by atoms with Crippen LogP contribution >= 0.6 is 11.3 Å². The summed E-state index contributed by atoms with van der Waals surface area (Å²) in [6, 6.07) is 5.10. The van der Waals surface area contributed by atoms with Gasteiger partial charge in [-0.05, 0) is 44.4 Å². The number of rotatable bonds is 6. The summed E-state index contributed by atoms with van der Waals surface area (Å²) in [6.07, 6.45) is 1.56. The molecule has 21 heavy (non-hydrogen) atoms. The fraction of sp³-hybridized carbons (Fsp3) is 0.438. The molecule has 0 saturated carbocycles. The van der Waals surface area contributed by atoms with Gasteiger partial charge in [-0.1, -0.05) is 13.0 Å². The lowest BCUT2D eigenvalue weighted by molar-refractivity contribution is 0.289. The fourth-order valence-corrected chi connectivity index (χ4v) is 2.82. The number of aromatic nitrogens is 1. The average Bonchev–Trinajstić information content (AvgIpc) is 2.76. The quantitative estimate of drug-likeness (QED) is 0.884. The maximum absolute atomic E-state index is 14.0. The molecule has 0 aliphatic heterocycles. The molecule has 0 spiro atoms. The van der Waals surface area contributed by atoms with Crippen molar-refractivity contribution in [2.75, 3.05) is 0 Å². The maximum Gasteiger partial charge on any atom is 0.165 e. The van der Waals surface area contributed by atoms with Crippen molar-refractivity contribution in [1.29, 1.82) is 0 Å². The van der Waals surface area contributed by atoms with E-state index < -0.39 is 0 Å². The Bertz CT molecular complexity index is 593. The molecule has 0 aliphatic carbocycles. The van der Waals surface area contributed by atoms with Gasteiger partial charge in [0.25, 0.3) is 0 Å². The summed E-state index contributed by atoms with van der Waals surface area (Å²) in [5.41, 5.74) is 7.78. The molecule has 0 aliphatic rings. The highest BCUT2D eigenvalue weighted by atomic mass is 32.1. The highest BCUT2D eigenvalue weighted by Gasteiger charge is 2.09. The van der Waals surface area contributed by atoms with Gasteiger partial charge >= 0.3 is 0 Å². The normalized spacial score (nSPS) is 12.4. The number of hydrogen-bond donors (Lipinski definition) is 1. The number of halogens is 1. The first kappa shape index (κ1) is 15.9. The van der Waals surface area contributed by atoms with E-state index in [4.69, 9.17) is 10.5 Å². The van der Waals surface area contributed by atoms with Crippen LogP contribution in [0.1, 0.15) is 34.5 Å². The van der Waals surface area contributed by atoms with E-state index in [0.29, 0.717) is 13.0 Å². The van der Waals surface area contributed by atoms with Crippen LogP contribution in [0.5, 0.6) is 5.75 Å². The number of hydrogen-bond acceptors (Lipinski definition) is 4. The van der Waals surface area contributed by atoms with Crippen molar-refractivity contribution in [3.05, 3.63) is 45.2 Å². The van der Waals surface area contributed by atoms with Crippen molar-refractivity contribution >= 4 is 11.3 Å². The molecule has 0 amide bonds. The van der Waals surface area contributed by atoms with Gasteiger partial charge in [-0.3, -0.25) is 0 Å². The Kier molecular flexibility index (Phi) is 5.31. The highest BCUT2D eigenvalue weighted by Crippen LogP contribution is 2.22. The first-order chi connectivity index (χ1) is 9.99. The largest absolute Gasteiger partial charge is 0.483 e. The van der Waals surface area contributed by atoms with Crippen LogP contribution in [0.15, 0.2) is 18.2 Å². The molecular formula is C16H21FN2OS. The van der Waals surface area contributed by atoms with Crippen LogP contribution in [0.2, 0.25) is 0 Å². The molecule has 0 fully saturated rings. The number of ether oxygens (including phenoxy) is 1. The Balaban J connectivity index is 2.00. The van der Waals surface area contributed by atoms with Crippen molar-refractivity contribution in [3.8, 4) is 5.75 Å². The van der Waals surface area contributed by atoms with Crippen molar-refractivity contribution in [2.45, 2.75) is 46.3 Å². The van der Waals surface area contributed by atoms with E-state index in [1.165, 1.54) is 6.07 Å². The minimum absolute atomic E-state index is 0.0671. The third-order valence-electron chi connectivity index (χ3n) is 3.44. The topological polar surface area (TPSA) is 48.1 Å². The van der Waals surface area contributed by atoms with E-state index in [0.717, 1.165) is 27.6 Å². The summed E-state index contributed by atoms with van der Waals surface area (Å²) >= 11 is 1.58. The standard InChI is InChI=1S/C16H21FN2OS/c1-4-13(18)7-12-5-6-15(14(17)8-12)20-9-16-19-10(2)11(3)21-16/h5-6,8,13H,4,7,9,18H2,1-3H3. The molecule has 1 heterocycles. The molecule has 1 atom stereocenters. The predicted molar refractivity (Wildman–Crippen MR) is 84.3 cm³/mol. The summed E-state index contributed by atoms with van der Waals surface area (Å²) in [4.78, 5) is 5.54. The SMILES string of the molecule is CCC(N)Cc1ccc(OCc2nc(C)c(C)s2)c(F)c1. The Labute approximate surface area is 129 Å². The van der Waals surface area contributed by atoms with Crippen LogP contribution < -0.4 is 10.5 Å². The Hall–Kier alpha value is -1.46. The van der Waals surface area contributed by atoms with Crippen LogP contribution in [0.3, 0.4) is 0 Å². The monoisotopic (exact) mass is 308 g/mol. The smallest absolute Gasteiger partial charge is 0.165 e. The lowest BCUT2D eigenvalue weighted by Gasteiger charge is -2.10. The number of aryl methyl sites for hydroxylation is 2. The summed E-state index contributed by atoms with van der Waals surface area (Å²) < 4.78 is 19.5. The molecule has 114 valence electrons. The molecule has 1 aromatic heterocycles. The van der Waals surface area contributed by atoms with E-state index in [1.807, 2.05) is 26.8 Å². The first-order valence-corrected chi connectivity index (χ1v) is 7.91. The minimum atomic E-state index is -0.346. The molecular weight excluding hydrogens is 287 g/mol.